The summed E-state index contributed by atoms with van der Waals surface area (Å²) < 4.78 is 13.0. The van der Waals surface area contributed by atoms with Gasteiger partial charge in [0.05, 0.1) is 11.8 Å². The first-order chi connectivity index (χ1) is 6.32. The second kappa shape index (κ2) is 3.36. The van der Waals surface area contributed by atoms with Crippen molar-refractivity contribution in [3.05, 3.63) is 29.3 Å². The van der Waals surface area contributed by atoms with Crippen LogP contribution in [0.4, 0.5) is 4.39 Å². The highest BCUT2D eigenvalue weighted by molar-refractivity contribution is 5.93. The number of halogens is 1. The van der Waals surface area contributed by atoms with Gasteiger partial charge in [-0.1, -0.05) is 20.8 Å². The van der Waals surface area contributed by atoms with Crippen LogP contribution in [0.25, 0.3) is 0 Å². The van der Waals surface area contributed by atoms with Gasteiger partial charge >= 0.3 is 0 Å². The highest BCUT2D eigenvalue weighted by atomic mass is 19.1. The summed E-state index contributed by atoms with van der Waals surface area (Å²) in [7, 11) is 0. The quantitative estimate of drug-likeness (QED) is 0.742. The molecule has 76 valence electrons. The van der Waals surface area contributed by atoms with E-state index in [9.17, 15) is 9.18 Å². The molecule has 0 aliphatic heterocycles. The van der Waals surface area contributed by atoms with Crippen molar-refractivity contribution in [1.82, 2.24) is 4.98 Å². The van der Waals surface area contributed by atoms with Gasteiger partial charge < -0.3 is 5.73 Å². The van der Waals surface area contributed by atoms with Crippen molar-refractivity contribution in [3.63, 3.8) is 0 Å². The number of pyridine rings is 1. The molecule has 1 amide bonds. The molecule has 0 fully saturated rings. The number of nitrogens with two attached hydrogens (primary N) is 1. The van der Waals surface area contributed by atoms with Crippen molar-refractivity contribution < 1.29 is 9.18 Å². The molecule has 1 aromatic heterocycles. The first-order valence-electron chi connectivity index (χ1n) is 4.28. The van der Waals surface area contributed by atoms with Crippen LogP contribution in [0.2, 0.25) is 0 Å². The second-order valence-corrected chi connectivity index (χ2v) is 4.16. The van der Waals surface area contributed by atoms with Gasteiger partial charge in [-0.3, -0.25) is 9.78 Å². The molecule has 0 aliphatic carbocycles. The van der Waals surface area contributed by atoms with Crippen molar-refractivity contribution in [1.29, 1.82) is 0 Å². The largest absolute Gasteiger partial charge is 0.366 e. The Bertz CT molecular complexity index is 369. The van der Waals surface area contributed by atoms with Crippen molar-refractivity contribution in [3.8, 4) is 0 Å². The zero-order valence-corrected chi connectivity index (χ0v) is 8.47. The number of amides is 1. The summed E-state index contributed by atoms with van der Waals surface area (Å²) in [5, 5.41) is 0. The van der Waals surface area contributed by atoms with Crippen LogP contribution in [-0.2, 0) is 5.41 Å². The number of aromatic nitrogens is 1. The Morgan fingerprint density at radius 1 is 1.50 bits per heavy atom. The predicted molar refractivity (Wildman–Crippen MR) is 51.4 cm³/mol. The van der Waals surface area contributed by atoms with E-state index in [-0.39, 0.29) is 11.0 Å². The average molecular weight is 196 g/mol. The van der Waals surface area contributed by atoms with Crippen LogP contribution >= 0.6 is 0 Å². The van der Waals surface area contributed by atoms with Gasteiger partial charge in [-0.2, -0.15) is 0 Å². The summed E-state index contributed by atoms with van der Waals surface area (Å²) in [5.74, 6) is -1.44. The smallest absolute Gasteiger partial charge is 0.251 e. The lowest BCUT2D eigenvalue weighted by Crippen LogP contribution is -2.18. The summed E-state index contributed by atoms with van der Waals surface area (Å²) >= 11 is 0. The molecule has 2 N–H and O–H groups in total. The first kappa shape index (κ1) is 10.6. The lowest BCUT2D eigenvalue weighted by atomic mass is 9.91. The predicted octanol–water partition coefficient (Wildman–Crippen LogP) is 1.62. The Morgan fingerprint density at radius 3 is 2.50 bits per heavy atom. The Balaban J connectivity index is 3.27. The molecule has 1 aromatic rings. The standard InChI is InChI=1S/C10H13FN2O/c1-10(2,3)8-4-6(9(12)14)7(11)5-13-8/h4-5H,1-3H3,(H2,12,14). The minimum Gasteiger partial charge on any atom is -0.366 e. The van der Waals surface area contributed by atoms with E-state index in [4.69, 9.17) is 5.73 Å². The molecule has 0 atom stereocenters. The molecular weight excluding hydrogens is 183 g/mol. The number of hydrogen-bond donors (Lipinski definition) is 1. The SMILES string of the molecule is CC(C)(C)c1cc(C(N)=O)c(F)cn1. The number of carbonyl (C=O) groups excluding carboxylic acids is 1. The van der Waals surface area contributed by atoms with Crippen molar-refractivity contribution >= 4 is 5.91 Å². The minimum atomic E-state index is -0.768. The lowest BCUT2D eigenvalue weighted by molar-refractivity contribution is 0.0996. The molecule has 1 rings (SSSR count). The van der Waals surface area contributed by atoms with E-state index in [1.54, 1.807) is 0 Å². The van der Waals surface area contributed by atoms with E-state index < -0.39 is 11.7 Å². The van der Waals surface area contributed by atoms with Crippen LogP contribution < -0.4 is 5.73 Å². The van der Waals surface area contributed by atoms with E-state index in [2.05, 4.69) is 4.98 Å². The zero-order chi connectivity index (χ0) is 10.9. The number of rotatable bonds is 1. The molecule has 3 nitrogen and oxygen atoms in total. The van der Waals surface area contributed by atoms with Crippen molar-refractivity contribution in [2.45, 2.75) is 26.2 Å². The van der Waals surface area contributed by atoms with Crippen LogP contribution in [0, 0.1) is 5.82 Å². The van der Waals surface area contributed by atoms with E-state index in [0.717, 1.165) is 6.20 Å². The van der Waals surface area contributed by atoms with Crippen molar-refractivity contribution in [2.24, 2.45) is 5.73 Å². The highest BCUT2D eigenvalue weighted by Gasteiger charge is 2.18. The molecule has 0 saturated carbocycles. The average Bonchev–Trinajstić information content (AvgIpc) is 2.02. The van der Waals surface area contributed by atoms with Crippen LogP contribution in [0.3, 0.4) is 0 Å². The normalized spacial score (nSPS) is 11.4. The van der Waals surface area contributed by atoms with Crippen LogP contribution in [0.15, 0.2) is 12.3 Å². The van der Waals surface area contributed by atoms with Gasteiger partial charge in [0.1, 0.15) is 0 Å². The van der Waals surface area contributed by atoms with E-state index in [1.165, 1.54) is 6.07 Å². The van der Waals surface area contributed by atoms with Gasteiger partial charge in [0.15, 0.2) is 5.82 Å². The third-order valence-corrected chi connectivity index (χ3v) is 1.89. The van der Waals surface area contributed by atoms with E-state index >= 15 is 0 Å². The van der Waals surface area contributed by atoms with Crippen LogP contribution in [0.5, 0.6) is 0 Å². The second-order valence-electron chi connectivity index (χ2n) is 4.16. The number of hydrogen-bond acceptors (Lipinski definition) is 2. The Kier molecular flexibility index (Phi) is 2.55. The minimum absolute atomic E-state index is 0.107. The van der Waals surface area contributed by atoms with Gasteiger partial charge in [-0.05, 0) is 6.07 Å². The lowest BCUT2D eigenvalue weighted by Gasteiger charge is -2.17. The summed E-state index contributed by atoms with van der Waals surface area (Å²) in [6.45, 7) is 5.79. The fourth-order valence-electron chi connectivity index (χ4n) is 1.04. The Labute approximate surface area is 82.1 Å². The fourth-order valence-corrected chi connectivity index (χ4v) is 1.04. The van der Waals surface area contributed by atoms with Gasteiger partial charge in [-0.15, -0.1) is 0 Å². The van der Waals surface area contributed by atoms with Crippen LogP contribution in [0.1, 0.15) is 36.8 Å². The summed E-state index contributed by atoms with van der Waals surface area (Å²) in [4.78, 5) is 14.8. The Hall–Kier alpha value is -1.45. The maximum absolute atomic E-state index is 13.0. The number of nitrogens with zero attached hydrogens (tertiary/aromatic N) is 1. The topological polar surface area (TPSA) is 56.0 Å². The van der Waals surface area contributed by atoms with Crippen molar-refractivity contribution in [2.75, 3.05) is 0 Å². The molecule has 4 heteroatoms. The molecule has 1 heterocycles. The molecule has 0 saturated heterocycles. The highest BCUT2D eigenvalue weighted by Crippen LogP contribution is 2.21. The van der Waals surface area contributed by atoms with Crippen LogP contribution in [-0.4, -0.2) is 10.9 Å². The summed E-state index contributed by atoms with van der Waals surface area (Å²) in [5.41, 5.74) is 5.34. The monoisotopic (exact) mass is 196 g/mol. The van der Waals surface area contributed by atoms with Gasteiger partial charge in [0, 0.05) is 11.1 Å². The molecule has 0 aliphatic rings. The number of carbonyl (C=O) groups is 1. The molecule has 0 aromatic carbocycles. The molecule has 0 unspecified atom stereocenters. The summed E-state index contributed by atoms with van der Waals surface area (Å²) in [6.07, 6.45) is 1.03. The third kappa shape index (κ3) is 2.07. The molecule has 0 radical (unpaired) electrons. The molecule has 0 spiro atoms. The van der Waals surface area contributed by atoms with E-state index in [1.807, 2.05) is 20.8 Å². The van der Waals surface area contributed by atoms with Gasteiger partial charge in [0.2, 0.25) is 0 Å². The first-order valence-corrected chi connectivity index (χ1v) is 4.28. The fraction of sp³-hybridized carbons (Fsp3) is 0.400. The maximum Gasteiger partial charge on any atom is 0.251 e. The van der Waals surface area contributed by atoms with E-state index in [0.29, 0.717) is 5.69 Å². The summed E-state index contributed by atoms with van der Waals surface area (Å²) in [6, 6.07) is 1.40. The molecule has 14 heavy (non-hydrogen) atoms. The molecular formula is C10H13FN2O. The third-order valence-electron chi connectivity index (χ3n) is 1.89. The Morgan fingerprint density at radius 2 is 2.07 bits per heavy atom. The zero-order valence-electron chi connectivity index (χ0n) is 8.47. The van der Waals surface area contributed by atoms with Gasteiger partial charge in [-0.25, -0.2) is 4.39 Å². The molecule has 0 bridgehead atoms. The maximum atomic E-state index is 13.0. The van der Waals surface area contributed by atoms with Gasteiger partial charge in [0.25, 0.3) is 5.91 Å². The number of primary amides is 1.